The van der Waals surface area contributed by atoms with E-state index in [1.54, 1.807) is 97.1 Å². The molecular weight excluding hydrogens is 510 g/mol. The molecule has 0 spiro atoms. The summed E-state index contributed by atoms with van der Waals surface area (Å²) in [5.74, 6) is -1.14. The van der Waals surface area contributed by atoms with Crippen molar-refractivity contribution >= 4 is 43.6 Å². The zero-order valence-electron chi connectivity index (χ0n) is 21.0. The molecule has 0 radical (unpaired) electrons. The lowest BCUT2D eigenvalue weighted by atomic mass is 9.90. The Morgan fingerprint density at radius 3 is 1.87 bits per heavy atom. The Balaban J connectivity index is 1.76. The first kappa shape index (κ1) is 25.8. The normalized spacial score (nSPS) is 12.1. The molecule has 39 heavy (non-hydrogen) atoms. The second kappa shape index (κ2) is 10.5. The molecule has 0 aliphatic heterocycles. The number of carbonyl (C=O) groups excluding carboxylic acids is 1. The quantitative estimate of drug-likeness (QED) is 0.0687. The van der Waals surface area contributed by atoms with Crippen molar-refractivity contribution in [2.24, 2.45) is 0 Å². The molecule has 0 fully saturated rings. The molecule has 0 bridgehead atoms. The maximum Gasteiger partial charge on any atom is 0.261 e. The predicted octanol–water partition coefficient (Wildman–Crippen LogP) is 6.96. The number of hydrogen-bond donors (Lipinski definition) is 3. The Hall–Kier alpha value is -4.88. The van der Waals surface area contributed by atoms with Gasteiger partial charge in [0, 0.05) is 27.5 Å². The topological polar surface area (TPSA) is 104 Å². The second-order valence-corrected chi connectivity index (χ2v) is 10.8. The second-order valence-electron chi connectivity index (χ2n) is 9.07. The van der Waals surface area contributed by atoms with E-state index in [0.717, 1.165) is 5.56 Å². The van der Waals surface area contributed by atoms with Crippen molar-refractivity contribution in [3.8, 4) is 5.75 Å². The number of anilines is 1. The van der Waals surface area contributed by atoms with E-state index in [1.807, 2.05) is 6.92 Å². The number of phenolic OH excluding ortho intramolecular Hbond substituents is 1. The first-order chi connectivity index (χ1) is 18.8. The molecule has 5 aromatic rings. The number of aliphatic hydroxyl groups is 1. The molecule has 0 saturated carbocycles. The Kier molecular flexibility index (Phi) is 6.92. The number of hydrogen-bond acceptors (Lipinski definition) is 5. The molecule has 0 atom stereocenters. The average molecular weight is 536 g/mol. The standard InChI is InChI=1S/C32H25NO5S/c1-21-16-18-24(19-17-21)39(37,38)33-28-20-27(32(36)26-15-9-8-14-25(26)28)29(30(34)22-10-4-2-5-11-22)31(35)23-12-6-3-7-13-23/h2-20,33-34,36H,1H3. The van der Waals surface area contributed by atoms with Crippen LogP contribution in [0.3, 0.4) is 0 Å². The number of Topliss-reactive ketones (excluding diaryl/α,β-unsaturated/α-hetero) is 1. The highest BCUT2D eigenvalue weighted by atomic mass is 32.2. The van der Waals surface area contributed by atoms with Crippen LogP contribution in [-0.4, -0.2) is 24.4 Å². The first-order valence-corrected chi connectivity index (χ1v) is 13.7. The van der Waals surface area contributed by atoms with Crippen LogP contribution in [0.25, 0.3) is 22.1 Å². The molecule has 6 nitrogen and oxygen atoms in total. The lowest BCUT2D eigenvalue weighted by Gasteiger charge is -2.18. The van der Waals surface area contributed by atoms with Gasteiger partial charge in [-0.25, -0.2) is 8.42 Å². The Bertz CT molecular complexity index is 1810. The molecule has 0 saturated heterocycles. The van der Waals surface area contributed by atoms with Crippen molar-refractivity contribution in [1.82, 2.24) is 0 Å². The van der Waals surface area contributed by atoms with Gasteiger partial charge in [-0.15, -0.1) is 0 Å². The van der Waals surface area contributed by atoms with E-state index in [2.05, 4.69) is 4.72 Å². The Labute approximate surface area is 226 Å². The van der Waals surface area contributed by atoms with Crippen LogP contribution in [0.1, 0.15) is 27.0 Å². The highest BCUT2D eigenvalue weighted by molar-refractivity contribution is 7.92. The summed E-state index contributed by atoms with van der Waals surface area (Å²) in [6, 6.07) is 31.4. The van der Waals surface area contributed by atoms with Crippen molar-refractivity contribution in [3.63, 3.8) is 0 Å². The lowest BCUT2D eigenvalue weighted by molar-refractivity contribution is 0.105. The Morgan fingerprint density at radius 1 is 0.718 bits per heavy atom. The molecule has 0 amide bonds. The number of fused-ring (bicyclic) bond motifs is 1. The van der Waals surface area contributed by atoms with E-state index in [0.29, 0.717) is 21.9 Å². The molecule has 0 aliphatic carbocycles. The van der Waals surface area contributed by atoms with Crippen molar-refractivity contribution in [3.05, 3.63) is 138 Å². The summed E-state index contributed by atoms with van der Waals surface area (Å²) in [6.45, 7) is 1.86. The third-order valence-corrected chi connectivity index (χ3v) is 7.79. The molecule has 0 aromatic heterocycles. The molecule has 5 aromatic carbocycles. The van der Waals surface area contributed by atoms with Gasteiger partial charge in [-0.3, -0.25) is 9.52 Å². The third-order valence-electron chi connectivity index (χ3n) is 6.41. The summed E-state index contributed by atoms with van der Waals surface area (Å²) < 4.78 is 29.3. The summed E-state index contributed by atoms with van der Waals surface area (Å²) in [6.07, 6.45) is 0. The summed E-state index contributed by atoms with van der Waals surface area (Å²) in [5.41, 5.74) is 1.56. The number of allylic oxidation sites excluding steroid dienone is 1. The summed E-state index contributed by atoms with van der Waals surface area (Å²) in [5, 5.41) is 23.6. The van der Waals surface area contributed by atoms with Crippen molar-refractivity contribution < 1.29 is 23.4 Å². The van der Waals surface area contributed by atoms with Gasteiger partial charge in [0.05, 0.1) is 16.2 Å². The van der Waals surface area contributed by atoms with Gasteiger partial charge in [-0.2, -0.15) is 0 Å². The number of benzene rings is 5. The van der Waals surface area contributed by atoms with Gasteiger partial charge >= 0.3 is 0 Å². The zero-order chi connectivity index (χ0) is 27.6. The summed E-state index contributed by atoms with van der Waals surface area (Å²) >= 11 is 0. The molecule has 0 unspecified atom stereocenters. The highest BCUT2D eigenvalue weighted by Crippen LogP contribution is 2.41. The minimum absolute atomic E-state index is 0.00878. The number of rotatable bonds is 7. The molecular formula is C32H25NO5S. The third kappa shape index (κ3) is 5.12. The van der Waals surface area contributed by atoms with E-state index in [1.165, 1.54) is 18.2 Å². The van der Waals surface area contributed by atoms with Crippen LogP contribution in [0.4, 0.5) is 5.69 Å². The Morgan fingerprint density at radius 2 is 1.26 bits per heavy atom. The average Bonchev–Trinajstić information content (AvgIpc) is 2.96. The number of carbonyl (C=O) groups is 1. The van der Waals surface area contributed by atoms with Crippen LogP contribution in [0, 0.1) is 6.92 Å². The van der Waals surface area contributed by atoms with Gasteiger partial charge in [-0.1, -0.05) is 103 Å². The smallest absolute Gasteiger partial charge is 0.261 e. The minimum Gasteiger partial charge on any atom is -0.507 e. The SMILES string of the molecule is Cc1ccc(S(=O)(=O)Nc2cc(C(C(=O)c3ccccc3)=C(O)c3ccccc3)c(O)c3ccccc23)cc1. The highest BCUT2D eigenvalue weighted by Gasteiger charge is 2.26. The van der Waals surface area contributed by atoms with Crippen molar-refractivity contribution in [2.45, 2.75) is 11.8 Å². The maximum absolute atomic E-state index is 13.8. The van der Waals surface area contributed by atoms with E-state index in [-0.39, 0.29) is 33.2 Å². The number of aromatic hydroxyl groups is 1. The molecule has 7 heteroatoms. The fraction of sp³-hybridized carbons (Fsp3) is 0.0312. The lowest BCUT2D eigenvalue weighted by Crippen LogP contribution is -2.14. The van der Waals surface area contributed by atoms with Crippen LogP contribution < -0.4 is 4.72 Å². The number of phenols is 1. The number of aliphatic hydroxyl groups excluding tert-OH is 1. The van der Waals surface area contributed by atoms with E-state index in [9.17, 15) is 23.4 Å². The van der Waals surface area contributed by atoms with Crippen molar-refractivity contribution in [2.75, 3.05) is 4.72 Å². The van der Waals surface area contributed by atoms with Gasteiger partial charge < -0.3 is 10.2 Å². The van der Waals surface area contributed by atoms with Gasteiger partial charge in [0.2, 0.25) is 0 Å². The van der Waals surface area contributed by atoms with Crippen LogP contribution in [-0.2, 0) is 10.0 Å². The number of nitrogens with one attached hydrogen (secondary N) is 1. The number of ketones is 1. The van der Waals surface area contributed by atoms with Gasteiger partial charge in [0.1, 0.15) is 11.5 Å². The first-order valence-electron chi connectivity index (χ1n) is 12.2. The fourth-order valence-electron chi connectivity index (χ4n) is 4.39. The largest absolute Gasteiger partial charge is 0.507 e. The van der Waals surface area contributed by atoms with Crippen LogP contribution in [0.5, 0.6) is 5.75 Å². The van der Waals surface area contributed by atoms with Gasteiger partial charge in [-0.05, 0) is 25.1 Å². The molecule has 0 heterocycles. The molecule has 3 N–H and O–H groups in total. The minimum atomic E-state index is -4.02. The number of sulfonamides is 1. The molecule has 0 aliphatic rings. The van der Waals surface area contributed by atoms with Crippen molar-refractivity contribution in [1.29, 1.82) is 0 Å². The van der Waals surface area contributed by atoms with E-state index in [4.69, 9.17) is 0 Å². The molecule has 5 rings (SSSR count). The maximum atomic E-state index is 13.8. The zero-order valence-corrected chi connectivity index (χ0v) is 21.8. The summed E-state index contributed by atoms with van der Waals surface area (Å²) in [7, 11) is -4.02. The number of aryl methyl sites for hydroxylation is 1. The van der Waals surface area contributed by atoms with Crippen LogP contribution in [0.15, 0.2) is 120 Å². The fourth-order valence-corrected chi connectivity index (χ4v) is 5.46. The monoisotopic (exact) mass is 535 g/mol. The predicted molar refractivity (Wildman–Crippen MR) is 154 cm³/mol. The van der Waals surface area contributed by atoms with Gasteiger partial charge in [0.15, 0.2) is 5.78 Å². The van der Waals surface area contributed by atoms with Crippen LogP contribution in [0.2, 0.25) is 0 Å². The van der Waals surface area contributed by atoms with Crippen LogP contribution >= 0.6 is 0 Å². The molecule has 194 valence electrons. The summed E-state index contributed by atoms with van der Waals surface area (Å²) in [4.78, 5) is 13.9. The van der Waals surface area contributed by atoms with E-state index >= 15 is 0 Å². The van der Waals surface area contributed by atoms with Gasteiger partial charge in [0.25, 0.3) is 10.0 Å². The van der Waals surface area contributed by atoms with E-state index < -0.39 is 15.8 Å².